The van der Waals surface area contributed by atoms with Gasteiger partial charge in [0.1, 0.15) is 5.76 Å². The summed E-state index contributed by atoms with van der Waals surface area (Å²) in [5.74, 6) is 7.40. The molecule has 0 aromatic carbocycles. The number of carbonyl (C=O) groups is 1. The number of furan rings is 1. The second-order valence-corrected chi connectivity index (χ2v) is 9.67. The van der Waals surface area contributed by atoms with Gasteiger partial charge in [-0.25, -0.2) is 13.1 Å². The lowest BCUT2D eigenvalue weighted by Crippen LogP contribution is -2.42. The predicted molar refractivity (Wildman–Crippen MR) is 102 cm³/mol. The first-order valence-electron chi connectivity index (χ1n) is 8.70. The Morgan fingerprint density at radius 1 is 1.48 bits per heavy atom. The molecule has 2 aromatic rings. The average molecular weight is 414 g/mol. The number of aryl methyl sites for hydroxylation is 1. The van der Waals surface area contributed by atoms with Gasteiger partial charge in [-0.3, -0.25) is 4.79 Å². The van der Waals surface area contributed by atoms with Crippen LogP contribution in [0.4, 0.5) is 0 Å². The number of nitrogens with zero attached hydrogens (tertiary/aromatic N) is 4. The minimum atomic E-state index is -3.05. The monoisotopic (exact) mass is 413 g/mol. The summed E-state index contributed by atoms with van der Waals surface area (Å²) >= 11 is 1.19. The van der Waals surface area contributed by atoms with Gasteiger partial charge in [-0.2, -0.15) is 0 Å². The summed E-state index contributed by atoms with van der Waals surface area (Å²) in [6.07, 6.45) is 2.81. The van der Waals surface area contributed by atoms with Gasteiger partial charge in [0.05, 0.1) is 29.1 Å². The van der Waals surface area contributed by atoms with Gasteiger partial charge >= 0.3 is 0 Å². The van der Waals surface area contributed by atoms with Gasteiger partial charge in [0, 0.05) is 12.6 Å². The van der Waals surface area contributed by atoms with Crippen molar-refractivity contribution in [2.45, 2.75) is 37.9 Å². The molecule has 0 bridgehead atoms. The van der Waals surface area contributed by atoms with E-state index in [2.05, 4.69) is 10.2 Å². The van der Waals surface area contributed by atoms with Gasteiger partial charge in [0.15, 0.2) is 15.7 Å². The van der Waals surface area contributed by atoms with Crippen LogP contribution < -0.4 is 5.84 Å². The molecule has 0 unspecified atom stereocenters. The molecule has 1 amide bonds. The fraction of sp³-hybridized carbons (Fsp3) is 0.562. The molecule has 3 rings (SSSR count). The zero-order valence-corrected chi connectivity index (χ0v) is 16.9. The molecule has 1 fully saturated rings. The predicted octanol–water partition coefficient (Wildman–Crippen LogP) is 1.08. The fourth-order valence-electron chi connectivity index (χ4n) is 3.16. The molecular formula is C16H23N5O4S2. The highest BCUT2D eigenvalue weighted by atomic mass is 32.2. The smallest absolute Gasteiger partial charge is 0.233 e. The van der Waals surface area contributed by atoms with Crippen molar-refractivity contribution in [3.63, 3.8) is 0 Å². The van der Waals surface area contributed by atoms with Crippen molar-refractivity contribution in [2.24, 2.45) is 0 Å². The van der Waals surface area contributed by atoms with Crippen LogP contribution in [-0.2, 0) is 14.6 Å². The van der Waals surface area contributed by atoms with Crippen LogP contribution >= 0.6 is 11.8 Å². The first-order valence-corrected chi connectivity index (χ1v) is 11.5. The minimum Gasteiger partial charge on any atom is -0.469 e. The van der Waals surface area contributed by atoms with E-state index in [9.17, 15) is 13.2 Å². The largest absolute Gasteiger partial charge is 0.469 e. The van der Waals surface area contributed by atoms with Crippen LogP contribution in [-0.4, -0.2) is 63.9 Å². The maximum atomic E-state index is 12.7. The molecule has 0 saturated carbocycles. The van der Waals surface area contributed by atoms with Crippen molar-refractivity contribution in [3.05, 3.63) is 18.1 Å². The summed E-state index contributed by atoms with van der Waals surface area (Å²) in [6.45, 7) is 4.31. The lowest BCUT2D eigenvalue weighted by molar-refractivity contribution is -0.130. The molecule has 3 heterocycles. The third kappa shape index (κ3) is 4.29. The van der Waals surface area contributed by atoms with E-state index in [0.717, 1.165) is 12.0 Å². The summed E-state index contributed by atoms with van der Waals surface area (Å²) in [5.41, 5.74) is 0.743. The van der Waals surface area contributed by atoms with Gasteiger partial charge in [-0.1, -0.05) is 18.7 Å². The average Bonchev–Trinajstić information content (AvgIpc) is 3.29. The molecule has 11 heteroatoms. The molecule has 0 spiro atoms. The highest BCUT2D eigenvalue weighted by molar-refractivity contribution is 7.99. The fourth-order valence-corrected chi connectivity index (χ4v) is 5.63. The molecule has 2 aromatic heterocycles. The first kappa shape index (κ1) is 19.7. The molecule has 1 saturated heterocycles. The van der Waals surface area contributed by atoms with Crippen LogP contribution in [0.2, 0.25) is 0 Å². The number of aromatic nitrogens is 3. The van der Waals surface area contributed by atoms with E-state index in [4.69, 9.17) is 10.3 Å². The van der Waals surface area contributed by atoms with E-state index in [-0.39, 0.29) is 29.2 Å². The van der Waals surface area contributed by atoms with Crippen LogP contribution in [0.15, 0.2) is 21.9 Å². The quantitative estimate of drug-likeness (QED) is 0.528. The Hall–Kier alpha value is -2.01. The van der Waals surface area contributed by atoms with Crippen LogP contribution in [0.5, 0.6) is 0 Å². The van der Waals surface area contributed by atoms with Crippen molar-refractivity contribution in [1.82, 2.24) is 19.8 Å². The van der Waals surface area contributed by atoms with Gasteiger partial charge in [0.2, 0.25) is 11.1 Å². The zero-order chi connectivity index (χ0) is 19.6. The second kappa shape index (κ2) is 7.93. The number of hydrogen-bond acceptors (Lipinski definition) is 8. The first-order chi connectivity index (χ1) is 12.8. The van der Waals surface area contributed by atoms with Gasteiger partial charge in [-0.05, 0) is 25.8 Å². The van der Waals surface area contributed by atoms with Gasteiger partial charge in [0.25, 0.3) is 0 Å². The maximum Gasteiger partial charge on any atom is 0.233 e. The third-order valence-corrected chi connectivity index (χ3v) is 7.20. The van der Waals surface area contributed by atoms with Gasteiger partial charge in [-0.15, -0.1) is 10.2 Å². The Bertz CT molecular complexity index is 921. The van der Waals surface area contributed by atoms with E-state index >= 15 is 0 Å². The van der Waals surface area contributed by atoms with Crippen molar-refractivity contribution >= 4 is 27.5 Å². The number of thioether (sulfide) groups is 1. The summed E-state index contributed by atoms with van der Waals surface area (Å²) < 4.78 is 30.1. The van der Waals surface area contributed by atoms with Crippen LogP contribution in [0.25, 0.3) is 11.4 Å². The third-order valence-electron chi connectivity index (χ3n) is 4.52. The summed E-state index contributed by atoms with van der Waals surface area (Å²) in [5, 5.41) is 8.54. The second-order valence-electron chi connectivity index (χ2n) is 6.50. The number of sulfone groups is 1. The van der Waals surface area contributed by atoms with Gasteiger partial charge < -0.3 is 15.2 Å². The Morgan fingerprint density at radius 3 is 2.85 bits per heavy atom. The molecule has 2 N–H and O–H groups in total. The summed E-state index contributed by atoms with van der Waals surface area (Å²) in [7, 11) is -3.05. The maximum absolute atomic E-state index is 12.7. The Kier molecular flexibility index (Phi) is 5.80. The molecular weight excluding hydrogens is 390 g/mol. The normalized spacial score (nSPS) is 18.7. The SMILES string of the molecule is CCCN(C(=O)CSc1nnc(-c2ccoc2C)n1N)[C@@H]1CCS(=O)(=O)C1. The number of nitrogen functional groups attached to an aromatic ring is 1. The molecule has 1 atom stereocenters. The van der Waals surface area contributed by atoms with Crippen molar-refractivity contribution in [1.29, 1.82) is 0 Å². The molecule has 148 valence electrons. The standard InChI is InChI=1S/C16H23N5O4S2/c1-3-6-20(12-5-8-27(23,24)10-12)14(22)9-26-16-19-18-15(21(16)17)13-4-7-25-11(13)2/h4,7,12H,3,5-6,8-10,17H2,1-2H3/t12-/m1/s1. The Morgan fingerprint density at radius 2 is 2.26 bits per heavy atom. The molecule has 9 nitrogen and oxygen atoms in total. The Balaban J connectivity index is 1.67. The zero-order valence-electron chi connectivity index (χ0n) is 15.3. The van der Waals surface area contributed by atoms with Crippen molar-refractivity contribution in [2.75, 3.05) is 29.6 Å². The van der Waals surface area contributed by atoms with Crippen molar-refractivity contribution < 1.29 is 17.6 Å². The molecule has 1 aliphatic heterocycles. The summed E-state index contributed by atoms with van der Waals surface area (Å²) in [6, 6.07) is 1.51. The van der Waals surface area contributed by atoms with E-state index in [0.29, 0.717) is 29.7 Å². The molecule has 1 aliphatic rings. The molecule has 0 aliphatic carbocycles. The molecule has 0 radical (unpaired) electrons. The number of rotatable bonds is 7. The number of carbonyl (C=O) groups excluding carboxylic acids is 1. The highest BCUT2D eigenvalue weighted by Gasteiger charge is 2.34. The minimum absolute atomic E-state index is 0.0421. The Labute approximate surface area is 162 Å². The van der Waals surface area contributed by atoms with E-state index < -0.39 is 9.84 Å². The topological polar surface area (TPSA) is 124 Å². The van der Waals surface area contributed by atoms with E-state index in [1.807, 2.05) is 6.92 Å². The summed E-state index contributed by atoms with van der Waals surface area (Å²) in [4.78, 5) is 14.4. The van der Waals surface area contributed by atoms with Crippen LogP contribution in [0.3, 0.4) is 0 Å². The van der Waals surface area contributed by atoms with Crippen LogP contribution in [0, 0.1) is 6.92 Å². The lowest BCUT2D eigenvalue weighted by Gasteiger charge is -2.27. The van der Waals surface area contributed by atoms with Crippen molar-refractivity contribution in [3.8, 4) is 11.4 Å². The van der Waals surface area contributed by atoms with Crippen LogP contribution in [0.1, 0.15) is 25.5 Å². The number of nitrogens with two attached hydrogens (primary N) is 1. The lowest BCUT2D eigenvalue weighted by atomic mass is 10.2. The van der Waals surface area contributed by atoms with E-state index in [1.165, 1.54) is 16.4 Å². The van der Waals surface area contributed by atoms with E-state index in [1.54, 1.807) is 24.2 Å². The highest BCUT2D eigenvalue weighted by Crippen LogP contribution is 2.26. The molecule has 27 heavy (non-hydrogen) atoms. The number of amides is 1. The number of hydrogen-bond donors (Lipinski definition) is 1.